The number of carbonyl (C=O) groups excluding carboxylic acids is 1. The lowest BCUT2D eigenvalue weighted by Gasteiger charge is -2.27. The van der Waals surface area contributed by atoms with Gasteiger partial charge in [-0.15, -0.1) is 0 Å². The molecular formula is C21H25N3O2. The second kappa shape index (κ2) is 6.72. The van der Waals surface area contributed by atoms with Gasteiger partial charge in [0.15, 0.2) is 0 Å². The van der Waals surface area contributed by atoms with Crippen molar-refractivity contribution in [1.29, 1.82) is 0 Å². The van der Waals surface area contributed by atoms with E-state index in [1.54, 1.807) is 25.4 Å². The molecule has 1 N–H and O–H groups in total. The second-order valence-corrected chi connectivity index (χ2v) is 7.69. The Morgan fingerprint density at radius 1 is 1.23 bits per heavy atom. The number of carbonyl (C=O) groups is 1. The van der Waals surface area contributed by atoms with Crippen LogP contribution in [0.1, 0.15) is 24.8 Å². The predicted octanol–water partition coefficient (Wildman–Crippen LogP) is 2.63. The molecule has 0 spiro atoms. The lowest BCUT2D eigenvalue weighted by Crippen LogP contribution is -2.41. The number of pyridine rings is 1. The summed E-state index contributed by atoms with van der Waals surface area (Å²) >= 11 is 0. The van der Waals surface area contributed by atoms with Gasteiger partial charge in [-0.2, -0.15) is 0 Å². The van der Waals surface area contributed by atoms with Crippen LogP contribution in [-0.2, 0) is 18.4 Å². The van der Waals surface area contributed by atoms with Gasteiger partial charge in [-0.05, 0) is 36.5 Å². The lowest BCUT2D eigenvalue weighted by atomic mass is 9.79. The van der Waals surface area contributed by atoms with Crippen molar-refractivity contribution in [3.05, 3.63) is 64.6 Å². The molecule has 2 atom stereocenters. The number of amides is 1. The van der Waals surface area contributed by atoms with Gasteiger partial charge in [-0.3, -0.25) is 14.5 Å². The van der Waals surface area contributed by atoms with Crippen LogP contribution in [0.4, 0.5) is 5.69 Å². The van der Waals surface area contributed by atoms with Crippen LogP contribution in [0.25, 0.3) is 0 Å². The minimum atomic E-state index is -0.365. The summed E-state index contributed by atoms with van der Waals surface area (Å²) < 4.78 is 1.50. The van der Waals surface area contributed by atoms with Crippen molar-refractivity contribution in [2.45, 2.75) is 25.8 Å². The van der Waals surface area contributed by atoms with Gasteiger partial charge < -0.3 is 9.88 Å². The highest BCUT2D eigenvalue weighted by atomic mass is 16.2. The fraction of sp³-hybridized carbons (Fsp3) is 0.429. The highest BCUT2D eigenvalue weighted by Crippen LogP contribution is 2.49. The van der Waals surface area contributed by atoms with E-state index in [2.05, 4.69) is 34.5 Å². The number of hydrogen-bond acceptors (Lipinski definition) is 3. The molecule has 1 aromatic heterocycles. The topological polar surface area (TPSA) is 54.3 Å². The summed E-state index contributed by atoms with van der Waals surface area (Å²) in [4.78, 5) is 27.8. The molecule has 2 aliphatic rings. The molecule has 0 bridgehead atoms. The SMILES string of the molecule is Cn1cccc(NC(=O)[C@@]23CCC[C@@H]2CN(Cc2ccccc2)C3)c1=O. The number of rotatable bonds is 4. The van der Waals surface area contributed by atoms with Crippen LogP contribution in [0.15, 0.2) is 53.5 Å². The van der Waals surface area contributed by atoms with Gasteiger partial charge in [0.1, 0.15) is 5.69 Å². The molecule has 1 saturated heterocycles. The molecule has 0 radical (unpaired) electrons. The monoisotopic (exact) mass is 351 g/mol. The fourth-order valence-corrected chi connectivity index (χ4v) is 4.67. The quantitative estimate of drug-likeness (QED) is 0.921. The molecular weight excluding hydrogens is 326 g/mol. The smallest absolute Gasteiger partial charge is 0.274 e. The average Bonchev–Trinajstić information content (AvgIpc) is 3.18. The van der Waals surface area contributed by atoms with Crippen molar-refractivity contribution in [3.8, 4) is 0 Å². The van der Waals surface area contributed by atoms with E-state index in [1.807, 2.05) is 6.07 Å². The first kappa shape index (κ1) is 17.0. The number of hydrogen-bond donors (Lipinski definition) is 1. The van der Waals surface area contributed by atoms with Crippen LogP contribution < -0.4 is 10.9 Å². The minimum absolute atomic E-state index is 0.0128. The Morgan fingerprint density at radius 2 is 2.04 bits per heavy atom. The molecule has 2 aromatic rings. The van der Waals surface area contributed by atoms with Gasteiger partial charge in [-0.1, -0.05) is 36.8 Å². The maximum absolute atomic E-state index is 13.2. The zero-order chi connectivity index (χ0) is 18.1. The Labute approximate surface area is 153 Å². The Kier molecular flexibility index (Phi) is 4.41. The molecule has 1 aliphatic heterocycles. The summed E-state index contributed by atoms with van der Waals surface area (Å²) in [5.41, 5.74) is 1.13. The average molecular weight is 351 g/mol. The maximum atomic E-state index is 13.2. The molecule has 136 valence electrons. The standard InChI is InChI=1S/C21H25N3O2/c1-23-12-6-10-18(19(23)25)22-20(26)21-11-5-9-17(21)14-24(15-21)13-16-7-3-2-4-8-16/h2-4,6-8,10,12,17H,5,9,11,13-15H2,1H3,(H,22,26)/t17-,21-/m1/s1. The van der Waals surface area contributed by atoms with Gasteiger partial charge in [0.25, 0.3) is 5.56 Å². The number of likely N-dealkylation sites (tertiary alicyclic amines) is 1. The summed E-state index contributed by atoms with van der Waals surface area (Å²) in [6, 6.07) is 13.9. The molecule has 26 heavy (non-hydrogen) atoms. The second-order valence-electron chi connectivity index (χ2n) is 7.69. The summed E-state index contributed by atoms with van der Waals surface area (Å²) in [6.07, 6.45) is 4.78. The lowest BCUT2D eigenvalue weighted by molar-refractivity contribution is -0.126. The molecule has 5 heteroatoms. The number of aryl methyl sites for hydroxylation is 1. The van der Waals surface area contributed by atoms with E-state index in [1.165, 1.54) is 10.1 Å². The minimum Gasteiger partial charge on any atom is -0.321 e. The fourth-order valence-electron chi connectivity index (χ4n) is 4.67. The molecule has 1 aromatic carbocycles. The van der Waals surface area contributed by atoms with Gasteiger partial charge in [0.05, 0.1) is 5.41 Å². The van der Waals surface area contributed by atoms with Crippen molar-refractivity contribution in [1.82, 2.24) is 9.47 Å². The highest BCUT2D eigenvalue weighted by molar-refractivity contribution is 5.96. The zero-order valence-electron chi connectivity index (χ0n) is 15.1. The zero-order valence-corrected chi connectivity index (χ0v) is 15.1. The molecule has 4 rings (SSSR count). The van der Waals surface area contributed by atoms with Crippen molar-refractivity contribution in [3.63, 3.8) is 0 Å². The maximum Gasteiger partial charge on any atom is 0.274 e. The van der Waals surface area contributed by atoms with Crippen molar-refractivity contribution >= 4 is 11.6 Å². The van der Waals surface area contributed by atoms with Crippen LogP contribution >= 0.6 is 0 Å². The Morgan fingerprint density at radius 3 is 2.85 bits per heavy atom. The first-order valence-electron chi connectivity index (χ1n) is 9.32. The summed E-state index contributed by atoms with van der Waals surface area (Å²) in [5, 5.41) is 2.94. The molecule has 5 nitrogen and oxygen atoms in total. The van der Waals surface area contributed by atoms with Crippen molar-refractivity contribution in [2.24, 2.45) is 18.4 Å². The molecule has 2 fully saturated rings. The van der Waals surface area contributed by atoms with Crippen LogP contribution in [0.5, 0.6) is 0 Å². The van der Waals surface area contributed by atoms with E-state index in [0.717, 1.165) is 38.9 Å². The highest BCUT2D eigenvalue weighted by Gasteiger charge is 2.54. The molecule has 2 heterocycles. The number of fused-ring (bicyclic) bond motifs is 1. The molecule has 1 amide bonds. The van der Waals surface area contributed by atoms with E-state index in [9.17, 15) is 9.59 Å². The number of aromatic nitrogens is 1. The number of benzene rings is 1. The third kappa shape index (κ3) is 2.97. The Balaban J connectivity index is 1.53. The molecule has 0 unspecified atom stereocenters. The first-order valence-corrected chi connectivity index (χ1v) is 9.32. The van der Waals surface area contributed by atoms with E-state index in [0.29, 0.717) is 11.6 Å². The van der Waals surface area contributed by atoms with Crippen LogP contribution in [0.3, 0.4) is 0 Å². The normalized spacial score (nSPS) is 25.2. The Bertz CT molecular complexity index is 861. The van der Waals surface area contributed by atoms with E-state index >= 15 is 0 Å². The number of nitrogens with zero attached hydrogens (tertiary/aromatic N) is 2. The third-order valence-corrected chi connectivity index (χ3v) is 6.01. The van der Waals surface area contributed by atoms with Gasteiger partial charge in [0.2, 0.25) is 5.91 Å². The van der Waals surface area contributed by atoms with Gasteiger partial charge >= 0.3 is 0 Å². The van der Waals surface area contributed by atoms with E-state index in [4.69, 9.17) is 0 Å². The van der Waals surface area contributed by atoms with E-state index in [-0.39, 0.29) is 16.9 Å². The summed E-state index contributed by atoms with van der Waals surface area (Å²) in [7, 11) is 1.70. The van der Waals surface area contributed by atoms with Crippen molar-refractivity contribution < 1.29 is 4.79 Å². The van der Waals surface area contributed by atoms with Crippen LogP contribution in [0, 0.1) is 11.3 Å². The Hall–Kier alpha value is -2.40. The predicted molar refractivity (Wildman–Crippen MR) is 102 cm³/mol. The summed E-state index contributed by atoms with van der Waals surface area (Å²) in [5.74, 6) is 0.387. The number of nitrogens with one attached hydrogen (secondary N) is 1. The molecule has 1 aliphatic carbocycles. The first-order chi connectivity index (χ1) is 12.6. The van der Waals surface area contributed by atoms with Gasteiger partial charge in [0, 0.05) is 32.9 Å². The number of anilines is 1. The van der Waals surface area contributed by atoms with Crippen LogP contribution in [-0.4, -0.2) is 28.5 Å². The van der Waals surface area contributed by atoms with Crippen molar-refractivity contribution in [2.75, 3.05) is 18.4 Å². The summed E-state index contributed by atoms with van der Waals surface area (Å²) in [6.45, 7) is 2.60. The van der Waals surface area contributed by atoms with Gasteiger partial charge in [-0.25, -0.2) is 0 Å². The largest absolute Gasteiger partial charge is 0.321 e. The van der Waals surface area contributed by atoms with Crippen LogP contribution in [0.2, 0.25) is 0 Å². The van der Waals surface area contributed by atoms with E-state index < -0.39 is 0 Å². The third-order valence-electron chi connectivity index (χ3n) is 6.01. The molecule has 1 saturated carbocycles.